The lowest BCUT2D eigenvalue weighted by Gasteiger charge is -2.12. The quantitative estimate of drug-likeness (QED) is 0.521. The second-order valence-electron chi connectivity index (χ2n) is 5.74. The maximum absolute atomic E-state index is 9.56. The van der Waals surface area contributed by atoms with E-state index >= 15 is 0 Å². The van der Waals surface area contributed by atoms with E-state index < -0.39 is 0 Å². The Morgan fingerprint density at radius 1 is 0.625 bits per heavy atom. The molecule has 0 aliphatic carbocycles. The largest absolute Gasteiger partial charge is 0.508 e. The van der Waals surface area contributed by atoms with E-state index in [0.717, 1.165) is 33.0 Å². The van der Waals surface area contributed by atoms with E-state index in [1.807, 2.05) is 42.5 Å². The first kappa shape index (κ1) is 14.3. The smallest absolute Gasteiger partial charge is 0.115 e. The molecular weight excluding hydrogens is 296 g/mol. The summed E-state index contributed by atoms with van der Waals surface area (Å²) < 4.78 is 0. The minimum atomic E-state index is 0.241. The summed E-state index contributed by atoms with van der Waals surface area (Å²) in [5, 5.41) is 21.3. The van der Waals surface area contributed by atoms with Crippen molar-refractivity contribution in [3.8, 4) is 33.8 Å². The Kier molecular flexibility index (Phi) is 3.43. The van der Waals surface area contributed by atoms with Gasteiger partial charge in [0.2, 0.25) is 0 Å². The van der Waals surface area contributed by atoms with E-state index in [0.29, 0.717) is 0 Å². The predicted molar refractivity (Wildman–Crippen MR) is 97.0 cm³/mol. The Labute approximate surface area is 140 Å². The van der Waals surface area contributed by atoms with Gasteiger partial charge in [0.15, 0.2) is 0 Å². The van der Waals surface area contributed by atoms with Gasteiger partial charge in [-0.2, -0.15) is 0 Å². The monoisotopic (exact) mass is 311 g/mol. The van der Waals surface area contributed by atoms with Gasteiger partial charge in [-0.3, -0.25) is 0 Å². The maximum Gasteiger partial charge on any atom is 0.115 e. The van der Waals surface area contributed by atoms with E-state index in [2.05, 4.69) is 18.2 Å². The number of phenolic OH excluding ortho intramolecular Hbond substituents is 2. The molecule has 0 fully saturated rings. The van der Waals surface area contributed by atoms with Gasteiger partial charge in [0, 0.05) is 0 Å². The Balaban J connectivity index is 2.00. The third-order valence-corrected chi connectivity index (χ3v) is 4.12. The number of aromatic hydroxyl groups is 2. The molecule has 0 aliphatic rings. The van der Waals surface area contributed by atoms with Gasteiger partial charge in [0.25, 0.3) is 0 Å². The first-order chi connectivity index (χ1) is 11.7. The number of hydrogen-bond acceptors (Lipinski definition) is 2. The van der Waals surface area contributed by atoms with Crippen molar-refractivity contribution in [2.75, 3.05) is 0 Å². The zero-order valence-electron chi connectivity index (χ0n) is 12.9. The van der Waals surface area contributed by atoms with Crippen molar-refractivity contribution in [3.63, 3.8) is 0 Å². The molecule has 2 heteroatoms. The molecule has 2 nitrogen and oxygen atoms in total. The topological polar surface area (TPSA) is 40.5 Å². The summed E-state index contributed by atoms with van der Waals surface area (Å²) in [6.45, 7) is 0. The molecule has 0 saturated carbocycles. The van der Waals surface area contributed by atoms with E-state index in [9.17, 15) is 10.2 Å². The predicted octanol–water partition coefficient (Wildman–Crippen LogP) is 5.39. The fraction of sp³-hybridized carbons (Fsp3) is 0. The van der Waals surface area contributed by atoms with Gasteiger partial charge < -0.3 is 10.2 Å². The molecule has 24 heavy (non-hydrogen) atoms. The van der Waals surface area contributed by atoms with Crippen LogP contribution in [-0.4, -0.2) is 10.2 Å². The fourth-order valence-corrected chi connectivity index (χ4v) is 2.89. The molecule has 0 atom stereocenters. The lowest BCUT2D eigenvalue weighted by molar-refractivity contribution is 0.475. The third kappa shape index (κ3) is 2.59. The molecule has 0 heterocycles. The van der Waals surface area contributed by atoms with Gasteiger partial charge in [-0.15, -0.1) is 0 Å². The molecule has 0 spiro atoms. The standard InChI is InChI=1S/C22H15O2/c23-19-9-5-15(6-10-19)21-13-17-3-1-2-4-18(17)14-22(21)16-7-11-20(24)12-8-16/h1-13,23-24H. The third-order valence-electron chi connectivity index (χ3n) is 4.12. The van der Waals surface area contributed by atoms with Gasteiger partial charge >= 0.3 is 0 Å². The van der Waals surface area contributed by atoms with Gasteiger partial charge in [-0.05, 0) is 69.4 Å². The maximum atomic E-state index is 9.56. The average molecular weight is 311 g/mol. The summed E-state index contributed by atoms with van der Waals surface area (Å²) in [6, 6.07) is 28.1. The van der Waals surface area contributed by atoms with Crippen molar-refractivity contribution in [1.29, 1.82) is 0 Å². The lowest BCUT2D eigenvalue weighted by atomic mass is 9.91. The highest BCUT2D eigenvalue weighted by atomic mass is 16.3. The normalized spacial score (nSPS) is 10.8. The van der Waals surface area contributed by atoms with E-state index in [-0.39, 0.29) is 11.5 Å². The fourth-order valence-electron chi connectivity index (χ4n) is 2.89. The highest BCUT2D eigenvalue weighted by Gasteiger charge is 2.10. The molecule has 0 saturated heterocycles. The molecule has 2 N–H and O–H groups in total. The summed E-state index contributed by atoms with van der Waals surface area (Å²) in [4.78, 5) is 0. The van der Waals surface area contributed by atoms with Crippen molar-refractivity contribution in [2.24, 2.45) is 0 Å². The van der Waals surface area contributed by atoms with E-state index in [1.165, 1.54) is 0 Å². The number of hydrogen-bond donors (Lipinski definition) is 2. The van der Waals surface area contributed by atoms with Gasteiger partial charge in [0.1, 0.15) is 11.5 Å². The van der Waals surface area contributed by atoms with Crippen molar-refractivity contribution in [2.45, 2.75) is 0 Å². The molecular formula is C22H15O2. The summed E-state index contributed by atoms with van der Waals surface area (Å²) in [5.41, 5.74) is 4.01. The summed E-state index contributed by atoms with van der Waals surface area (Å²) in [6.07, 6.45) is 0. The van der Waals surface area contributed by atoms with Crippen LogP contribution in [0.2, 0.25) is 0 Å². The minimum Gasteiger partial charge on any atom is -0.508 e. The van der Waals surface area contributed by atoms with Crippen LogP contribution >= 0.6 is 0 Å². The van der Waals surface area contributed by atoms with Gasteiger partial charge in [-0.1, -0.05) is 48.5 Å². The SMILES string of the molecule is Oc1ccc(-c2[c]c3ccccc3cc2-c2ccc(O)cc2)cc1. The molecule has 0 amide bonds. The highest BCUT2D eigenvalue weighted by molar-refractivity contribution is 5.95. The Hall–Kier alpha value is -3.26. The summed E-state index contributed by atoms with van der Waals surface area (Å²) in [7, 11) is 0. The zero-order chi connectivity index (χ0) is 16.5. The van der Waals surface area contributed by atoms with Crippen molar-refractivity contribution < 1.29 is 10.2 Å². The molecule has 4 rings (SSSR count). The van der Waals surface area contributed by atoms with Gasteiger partial charge in [0.05, 0.1) is 0 Å². The number of benzene rings is 4. The first-order valence-electron chi connectivity index (χ1n) is 7.74. The van der Waals surface area contributed by atoms with E-state index in [4.69, 9.17) is 0 Å². The molecule has 115 valence electrons. The molecule has 4 aromatic rings. The van der Waals surface area contributed by atoms with Crippen LogP contribution in [0.5, 0.6) is 11.5 Å². The Morgan fingerprint density at radius 3 is 1.88 bits per heavy atom. The molecule has 0 aliphatic heterocycles. The molecule has 0 unspecified atom stereocenters. The second-order valence-corrected chi connectivity index (χ2v) is 5.74. The van der Waals surface area contributed by atoms with Crippen LogP contribution in [0.25, 0.3) is 33.0 Å². The van der Waals surface area contributed by atoms with Crippen LogP contribution in [0.15, 0.2) is 78.9 Å². The highest BCUT2D eigenvalue weighted by Crippen LogP contribution is 2.36. The van der Waals surface area contributed by atoms with Gasteiger partial charge in [-0.25, -0.2) is 0 Å². The molecule has 0 aromatic heterocycles. The van der Waals surface area contributed by atoms with Crippen LogP contribution in [0.4, 0.5) is 0 Å². The van der Waals surface area contributed by atoms with Crippen molar-refractivity contribution in [1.82, 2.24) is 0 Å². The van der Waals surface area contributed by atoms with Crippen LogP contribution in [-0.2, 0) is 0 Å². The van der Waals surface area contributed by atoms with Crippen molar-refractivity contribution in [3.05, 3.63) is 84.9 Å². The van der Waals surface area contributed by atoms with Crippen molar-refractivity contribution >= 4 is 10.8 Å². The Bertz CT molecular complexity index is 916. The molecule has 0 bridgehead atoms. The van der Waals surface area contributed by atoms with Crippen LogP contribution < -0.4 is 0 Å². The summed E-state index contributed by atoms with van der Waals surface area (Å²) >= 11 is 0. The number of fused-ring (bicyclic) bond motifs is 1. The number of rotatable bonds is 2. The van der Waals surface area contributed by atoms with E-state index in [1.54, 1.807) is 24.3 Å². The second kappa shape index (κ2) is 5.74. The van der Waals surface area contributed by atoms with Crippen LogP contribution in [0.1, 0.15) is 0 Å². The average Bonchev–Trinajstić information content (AvgIpc) is 2.62. The van der Waals surface area contributed by atoms with Crippen LogP contribution in [0.3, 0.4) is 0 Å². The zero-order valence-corrected chi connectivity index (χ0v) is 12.9. The van der Waals surface area contributed by atoms with Crippen LogP contribution in [0, 0.1) is 6.07 Å². The molecule has 1 radical (unpaired) electrons. The number of phenols is 2. The minimum absolute atomic E-state index is 0.241. The lowest BCUT2D eigenvalue weighted by Crippen LogP contribution is -1.87. The molecule has 4 aromatic carbocycles. The first-order valence-corrected chi connectivity index (χ1v) is 7.74. The Morgan fingerprint density at radius 2 is 1.21 bits per heavy atom. The summed E-state index contributed by atoms with van der Waals surface area (Å²) in [5.74, 6) is 0.487.